The van der Waals surface area contributed by atoms with Gasteiger partial charge in [-0.3, -0.25) is 4.79 Å². The largest absolute Gasteiger partial charge is 0.399 e. The number of nitrogen functional groups attached to an aromatic ring is 1. The zero-order valence-electron chi connectivity index (χ0n) is 16.7. The molecule has 0 radical (unpaired) electrons. The van der Waals surface area contributed by atoms with E-state index in [4.69, 9.17) is 10.8 Å². The second-order valence-corrected chi connectivity index (χ2v) is 7.18. The first-order chi connectivity index (χ1) is 15.1. The number of aromatic nitrogens is 5. The highest BCUT2D eigenvalue weighted by Crippen LogP contribution is 2.26. The number of hydrogen-bond acceptors (Lipinski definition) is 5. The third-order valence-electron chi connectivity index (χ3n) is 4.96. The first kappa shape index (κ1) is 18.6. The van der Waals surface area contributed by atoms with E-state index in [1.807, 2.05) is 61.5 Å². The van der Waals surface area contributed by atoms with E-state index >= 15 is 0 Å². The van der Waals surface area contributed by atoms with Crippen molar-refractivity contribution in [3.05, 3.63) is 90.4 Å². The van der Waals surface area contributed by atoms with Gasteiger partial charge in [-0.05, 0) is 37.3 Å². The summed E-state index contributed by atoms with van der Waals surface area (Å²) >= 11 is 0. The summed E-state index contributed by atoms with van der Waals surface area (Å²) < 4.78 is 3.27. The van der Waals surface area contributed by atoms with Crippen LogP contribution in [-0.2, 0) is 0 Å². The molecule has 0 bridgehead atoms. The minimum atomic E-state index is -0.314. The Morgan fingerprint density at radius 2 is 1.84 bits per heavy atom. The number of amides is 1. The molecule has 0 atom stereocenters. The van der Waals surface area contributed by atoms with E-state index in [9.17, 15) is 4.79 Å². The number of anilines is 2. The normalized spacial score (nSPS) is 11.0. The Bertz CT molecular complexity index is 1380. The average Bonchev–Trinajstić information content (AvgIpc) is 3.39. The molecule has 0 saturated carbocycles. The van der Waals surface area contributed by atoms with Crippen molar-refractivity contribution in [2.24, 2.45) is 0 Å². The predicted molar refractivity (Wildman–Crippen MR) is 119 cm³/mol. The second kappa shape index (κ2) is 7.42. The number of rotatable bonds is 4. The van der Waals surface area contributed by atoms with Crippen LogP contribution in [0.5, 0.6) is 0 Å². The van der Waals surface area contributed by atoms with Gasteiger partial charge in [-0.2, -0.15) is 10.2 Å². The van der Waals surface area contributed by atoms with Gasteiger partial charge in [0, 0.05) is 29.7 Å². The molecule has 0 fully saturated rings. The SMILES string of the molecule is Cc1ccc(-n2nc(-c3ccc(N)cc3)cc2NC(=O)c2cnn3cccnc23)cc1. The topological polar surface area (TPSA) is 103 Å². The highest BCUT2D eigenvalue weighted by atomic mass is 16.1. The summed E-state index contributed by atoms with van der Waals surface area (Å²) in [4.78, 5) is 17.3. The smallest absolute Gasteiger partial charge is 0.262 e. The Balaban J connectivity index is 1.56. The highest BCUT2D eigenvalue weighted by molar-refractivity contribution is 6.08. The molecule has 152 valence electrons. The van der Waals surface area contributed by atoms with Crippen LogP contribution in [0.3, 0.4) is 0 Å². The van der Waals surface area contributed by atoms with Crippen molar-refractivity contribution < 1.29 is 4.79 Å². The molecule has 0 saturated heterocycles. The minimum Gasteiger partial charge on any atom is -0.399 e. The van der Waals surface area contributed by atoms with Crippen molar-refractivity contribution in [1.82, 2.24) is 24.4 Å². The molecule has 8 nitrogen and oxygen atoms in total. The van der Waals surface area contributed by atoms with E-state index in [-0.39, 0.29) is 5.91 Å². The van der Waals surface area contributed by atoms with Crippen molar-refractivity contribution in [3.63, 3.8) is 0 Å². The van der Waals surface area contributed by atoms with Crippen molar-refractivity contribution in [1.29, 1.82) is 0 Å². The Hall–Kier alpha value is -4.46. The summed E-state index contributed by atoms with van der Waals surface area (Å²) in [6.07, 6.45) is 4.88. The van der Waals surface area contributed by atoms with Crippen LogP contribution >= 0.6 is 0 Å². The molecule has 2 aromatic carbocycles. The van der Waals surface area contributed by atoms with Gasteiger partial charge in [0.15, 0.2) is 5.65 Å². The summed E-state index contributed by atoms with van der Waals surface area (Å²) in [5.74, 6) is 0.224. The van der Waals surface area contributed by atoms with Gasteiger partial charge in [-0.1, -0.05) is 29.8 Å². The Morgan fingerprint density at radius 1 is 1.06 bits per heavy atom. The number of nitrogens with one attached hydrogen (secondary N) is 1. The monoisotopic (exact) mass is 409 g/mol. The van der Waals surface area contributed by atoms with E-state index in [2.05, 4.69) is 15.4 Å². The first-order valence-electron chi connectivity index (χ1n) is 9.71. The maximum absolute atomic E-state index is 13.1. The molecular weight excluding hydrogens is 390 g/mol. The Kier molecular flexibility index (Phi) is 4.44. The van der Waals surface area contributed by atoms with Crippen molar-refractivity contribution in [2.45, 2.75) is 6.92 Å². The zero-order chi connectivity index (χ0) is 21.4. The van der Waals surface area contributed by atoms with Gasteiger partial charge in [0.25, 0.3) is 5.91 Å². The van der Waals surface area contributed by atoms with Gasteiger partial charge in [0.2, 0.25) is 0 Å². The molecule has 5 aromatic rings. The van der Waals surface area contributed by atoms with Crippen LogP contribution in [0, 0.1) is 6.92 Å². The Labute approximate surface area is 178 Å². The summed E-state index contributed by atoms with van der Waals surface area (Å²) in [7, 11) is 0. The van der Waals surface area contributed by atoms with E-state index in [1.165, 1.54) is 6.20 Å². The molecule has 3 N–H and O–H groups in total. The lowest BCUT2D eigenvalue weighted by atomic mass is 10.1. The number of carbonyl (C=O) groups is 1. The minimum absolute atomic E-state index is 0.314. The number of nitrogens with zero attached hydrogens (tertiary/aromatic N) is 5. The number of carbonyl (C=O) groups excluding carboxylic acids is 1. The Morgan fingerprint density at radius 3 is 2.61 bits per heavy atom. The van der Waals surface area contributed by atoms with E-state index in [1.54, 1.807) is 27.7 Å². The molecule has 3 aromatic heterocycles. The van der Waals surface area contributed by atoms with Gasteiger partial charge >= 0.3 is 0 Å². The van der Waals surface area contributed by atoms with E-state index < -0.39 is 0 Å². The fraction of sp³-hybridized carbons (Fsp3) is 0.0435. The van der Waals surface area contributed by atoms with Crippen LogP contribution < -0.4 is 11.1 Å². The van der Waals surface area contributed by atoms with Gasteiger partial charge in [-0.25, -0.2) is 14.2 Å². The van der Waals surface area contributed by atoms with Crippen LogP contribution in [0.2, 0.25) is 0 Å². The van der Waals surface area contributed by atoms with Crippen LogP contribution in [0.1, 0.15) is 15.9 Å². The van der Waals surface area contributed by atoms with E-state index in [0.717, 1.165) is 16.8 Å². The molecule has 3 heterocycles. The average molecular weight is 409 g/mol. The zero-order valence-corrected chi connectivity index (χ0v) is 16.7. The van der Waals surface area contributed by atoms with Crippen molar-refractivity contribution >= 4 is 23.1 Å². The van der Waals surface area contributed by atoms with Gasteiger partial charge in [0.1, 0.15) is 11.4 Å². The number of benzene rings is 2. The van der Waals surface area contributed by atoms with Crippen molar-refractivity contribution in [3.8, 4) is 16.9 Å². The number of nitrogens with two attached hydrogens (primary N) is 1. The summed E-state index contributed by atoms with van der Waals surface area (Å²) in [5.41, 5.74) is 10.9. The molecule has 5 rings (SSSR count). The molecular formula is C23H19N7O. The van der Waals surface area contributed by atoms with Gasteiger partial charge < -0.3 is 11.1 Å². The summed E-state index contributed by atoms with van der Waals surface area (Å²) in [5, 5.41) is 11.9. The van der Waals surface area contributed by atoms with Gasteiger partial charge in [-0.15, -0.1) is 0 Å². The van der Waals surface area contributed by atoms with Gasteiger partial charge in [0.05, 0.1) is 17.6 Å². The number of aryl methyl sites for hydroxylation is 1. The molecule has 0 aliphatic rings. The molecule has 31 heavy (non-hydrogen) atoms. The number of fused-ring (bicyclic) bond motifs is 1. The molecule has 0 aliphatic carbocycles. The molecule has 0 aliphatic heterocycles. The van der Waals surface area contributed by atoms with Crippen molar-refractivity contribution in [2.75, 3.05) is 11.1 Å². The predicted octanol–water partition coefficient (Wildman–Crippen LogP) is 3.72. The number of hydrogen-bond donors (Lipinski definition) is 2. The lowest BCUT2D eigenvalue weighted by Gasteiger charge is -2.08. The molecule has 0 unspecified atom stereocenters. The third-order valence-corrected chi connectivity index (χ3v) is 4.96. The summed E-state index contributed by atoms with van der Waals surface area (Å²) in [6, 6.07) is 19.0. The molecule has 1 amide bonds. The third kappa shape index (κ3) is 3.51. The lowest BCUT2D eigenvalue weighted by molar-refractivity contribution is 0.102. The summed E-state index contributed by atoms with van der Waals surface area (Å²) in [6.45, 7) is 2.02. The standard InChI is InChI=1S/C23H19N7O/c1-15-3-9-18(10-4-15)30-21(13-20(28-30)16-5-7-17(24)8-6-16)27-23(31)19-14-26-29-12-2-11-25-22(19)29/h2-14H,24H2,1H3,(H,27,31). The van der Waals surface area contributed by atoms with Crippen LogP contribution in [0.25, 0.3) is 22.6 Å². The lowest BCUT2D eigenvalue weighted by Crippen LogP contribution is -2.15. The fourth-order valence-corrected chi connectivity index (χ4v) is 3.32. The first-order valence-corrected chi connectivity index (χ1v) is 9.71. The van der Waals surface area contributed by atoms with Crippen LogP contribution in [0.4, 0.5) is 11.5 Å². The fourth-order valence-electron chi connectivity index (χ4n) is 3.32. The van der Waals surface area contributed by atoms with Crippen LogP contribution in [-0.4, -0.2) is 30.3 Å². The molecule has 0 spiro atoms. The van der Waals surface area contributed by atoms with Crippen LogP contribution in [0.15, 0.2) is 79.3 Å². The molecule has 8 heteroatoms. The maximum Gasteiger partial charge on any atom is 0.262 e. The second-order valence-electron chi connectivity index (χ2n) is 7.18. The maximum atomic E-state index is 13.1. The quantitative estimate of drug-likeness (QED) is 0.440. The highest BCUT2D eigenvalue weighted by Gasteiger charge is 2.18. The van der Waals surface area contributed by atoms with E-state index in [0.29, 0.717) is 28.4 Å².